The van der Waals surface area contributed by atoms with Crippen LogP contribution in [0.5, 0.6) is 5.75 Å². The van der Waals surface area contributed by atoms with Crippen molar-refractivity contribution in [2.45, 2.75) is 33.6 Å². The zero-order chi connectivity index (χ0) is 15.2. The number of rotatable bonds is 6. The Morgan fingerprint density at radius 3 is 2.43 bits per heavy atom. The first-order chi connectivity index (χ1) is 10.1. The Kier molecular flexibility index (Phi) is 5.14. The van der Waals surface area contributed by atoms with Crippen molar-refractivity contribution < 1.29 is 4.74 Å². The molecule has 0 unspecified atom stereocenters. The highest BCUT2D eigenvalue weighted by atomic mass is 16.5. The quantitative estimate of drug-likeness (QED) is 0.884. The highest BCUT2D eigenvalue weighted by Crippen LogP contribution is 2.22. The van der Waals surface area contributed by atoms with Crippen LogP contribution >= 0.6 is 0 Å². The van der Waals surface area contributed by atoms with Crippen LogP contribution in [0.4, 0.5) is 5.95 Å². The number of aryl methyl sites for hydroxylation is 3. The topological polar surface area (TPSA) is 47.0 Å². The summed E-state index contributed by atoms with van der Waals surface area (Å²) in [6.45, 7) is 7.10. The van der Waals surface area contributed by atoms with Crippen LogP contribution in [0.15, 0.2) is 24.5 Å². The normalized spacial score (nSPS) is 10.5. The van der Waals surface area contributed by atoms with Crippen LogP contribution in [0.1, 0.15) is 29.2 Å². The SMILES string of the molecule is CCc1cnc(NCCc2cc(C)c(OC)cc2C)nc1. The predicted molar refractivity (Wildman–Crippen MR) is 86.1 cm³/mol. The Balaban J connectivity index is 1.95. The molecule has 0 amide bonds. The van der Waals surface area contributed by atoms with E-state index >= 15 is 0 Å². The molecule has 0 fully saturated rings. The molecule has 2 rings (SSSR count). The van der Waals surface area contributed by atoms with Gasteiger partial charge in [-0.05, 0) is 55.0 Å². The third kappa shape index (κ3) is 3.94. The molecule has 1 aromatic heterocycles. The van der Waals surface area contributed by atoms with E-state index in [-0.39, 0.29) is 0 Å². The average molecular weight is 285 g/mol. The minimum atomic E-state index is 0.690. The molecule has 4 heteroatoms. The second-order valence-corrected chi connectivity index (χ2v) is 5.19. The van der Waals surface area contributed by atoms with E-state index in [9.17, 15) is 0 Å². The first-order valence-electron chi connectivity index (χ1n) is 7.33. The molecule has 1 aromatic carbocycles. The van der Waals surface area contributed by atoms with Gasteiger partial charge in [0.1, 0.15) is 5.75 Å². The van der Waals surface area contributed by atoms with Gasteiger partial charge < -0.3 is 10.1 Å². The van der Waals surface area contributed by atoms with Gasteiger partial charge in [0.25, 0.3) is 0 Å². The van der Waals surface area contributed by atoms with E-state index in [0.29, 0.717) is 5.95 Å². The summed E-state index contributed by atoms with van der Waals surface area (Å²) in [6, 6.07) is 4.29. The first kappa shape index (κ1) is 15.3. The maximum absolute atomic E-state index is 5.34. The van der Waals surface area contributed by atoms with Gasteiger partial charge in [-0.15, -0.1) is 0 Å². The summed E-state index contributed by atoms with van der Waals surface area (Å²) in [5.41, 5.74) is 4.90. The standard InChI is InChI=1S/C17H23N3O/c1-5-14-10-19-17(20-11-14)18-7-6-15-8-13(3)16(21-4)9-12(15)2/h8-11H,5-7H2,1-4H3,(H,18,19,20). The molecule has 0 saturated heterocycles. The third-order valence-corrected chi connectivity index (χ3v) is 3.64. The molecule has 0 aliphatic rings. The molecule has 0 spiro atoms. The number of methoxy groups -OCH3 is 1. The summed E-state index contributed by atoms with van der Waals surface area (Å²) in [4.78, 5) is 8.61. The number of hydrogen-bond donors (Lipinski definition) is 1. The first-order valence-corrected chi connectivity index (χ1v) is 7.33. The van der Waals surface area contributed by atoms with E-state index in [1.54, 1.807) is 7.11 Å². The lowest BCUT2D eigenvalue weighted by Crippen LogP contribution is -2.09. The van der Waals surface area contributed by atoms with E-state index in [4.69, 9.17) is 4.74 Å². The van der Waals surface area contributed by atoms with Crippen molar-refractivity contribution in [3.63, 3.8) is 0 Å². The summed E-state index contributed by atoms with van der Waals surface area (Å²) in [6.07, 6.45) is 5.65. The summed E-state index contributed by atoms with van der Waals surface area (Å²) >= 11 is 0. The molecule has 21 heavy (non-hydrogen) atoms. The van der Waals surface area contributed by atoms with Gasteiger partial charge in [-0.3, -0.25) is 0 Å². The Morgan fingerprint density at radius 1 is 1.10 bits per heavy atom. The lowest BCUT2D eigenvalue weighted by molar-refractivity contribution is 0.411. The second kappa shape index (κ2) is 7.07. The molecule has 0 atom stereocenters. The molecule has 0 saturated carbocycles. The Hall–Kier alpha value is -2.10. The minimum Gasteiger partial charge on any atom is -0.496 e. The van der Waals surface area contributed by atoms with E-state index in [1.165, 1.54) is 16.7 Å². The van der Waals surface area contributed by atoms with Crippen LogP contribution in [-0.4, -0.2) is 23.6 Å². The number of benzene rings is 1. The van der Waals surface area contributed by atoms with Gasteiger partial charge in [0.2, 0.25) is 5.95 Å². The maximum Gasteiger partial charge on any atom is 0.222 e. The van der Waals surface area contributed by atoms with Gasteiger partial charge in [0.15, 0.2) is 0 Å². The fourth-order valence-corrected chi connectivity index (χ4v) is 2.28. The van der Waals surface area contributed by atoms with E-state index < -0.39 is 0 Å². The molecule has 1 heterocycles. The van der Waals surface area contributed by atoms with E-state index in [2.05, 4.69) is 48.2 Å². The van der Waals surface area contributed by atoms with Crippen molar-refractivity contribution in [1.82, 2.24) is 9.97 Å². The van der Waals surface area contributed by atoms with Gasteiger partial charge in [-0.25, -0.2) is 9.97 Å². The van der Waals surface area contributed by atoms with Gasteiger partial charge in [-0.1, -0.05) is 13.0 Å². The fourth-order valence-electron chi connectivity index (χ4n) is 2.28. The van der Waals surface area contributed by atoms with Gasteiger partial charge in [0, 0.05) is 18.9 Å². The van der Waals surface area contributed by atoms with Crippen molar-refractivity contribution >= 4 is 5.95 Å². The number of aromatic nitrogens is 2. The van der Waals surface area contributed by atoms with Crippen molar-refractivity contribution in [3.05, 3.63) is 46.8 Å². The number of hydrogen-bond acceptors (Lipinski definition) is 4. The lowest BCUT2D eigenvalue weighted by Gasteiger charge is -2.12. The van der Waals surface area contributed by atoms with Crippen LogP contribution in [0, 0.1) is 13.8 Å². The Bertz CT molecular complexity index is 594. The van der Waals surface area contributed by atoms with Crippen molar-refractivity contribution in [2.75, 3.05) is 19.0 Å². The highest BCUT2D eigenvalue weighted by Gasteiger charge is 2.05. The molecule has 0 aliphatic carbocycles. The van der Waals surface area contributed by atoms with Crippen LogP contribution in [-0.2, 0) is 12.8 Å². The monoisotopic (exact) mass is 285 g/mol. The minimum absolute atomic E-state index is 0.690. The number of anilines is 1. The van der Waals surface area contributed by atoms with Crippen LogP contribution in [0.2, 0.25) is 0 Å². The molecule has 0 aliphatic heterocycles. The largest absolute Gasteiger partial charge is 0.496 e. The van der Waals surface area contributed by atoms with Crippen molar-refractivity contribution in [3.8, 4) is 5.75 Å². The Morgan fingerprint density at radius 2 is 1.81 bits per heavy atom. The zero-order valence-corrected chi connectivity index (χ0v) is 13.2. The second-order valence-electron chi connectivity index (χ2n) is 5.19. The fraction of sp³-hybridized carbons (Fsp3) is 0.412. The lowest BCUT2D eigenvalue weighted by atomic mass is 10.0. The van der Waals surface area contributed by atoms with Gasteiger partial charge in [0.05, 0.1) is 7.11 Å². The van der Waals surface area contributed by atoms with Crippen molar-refractivity contribution in [2.24, 2.45) is 0 Å². The van der Waals surface area contributed by atoms with E-state index in [0.717, 1.165) is 30.7 Å². The number of nitrogens with one attached hydrogen (secondary N) is 1. The van der Waals surface area contributed by atoms with Crippen LogP contribution in [0.3, 0.4) is 0 Å². The number of nitrogens with zero attached hydrogens (tertiary/aromatic N) is 2. The number of ether oxygens (including phenoxy) is 1. The molecule has 4 nitrogen and oxygen atoms in total. The summed E-state index contributed by atoms with van der Waals surface area (Å²) in [7, 11) is 1.71. The van der Waals surface area contributed by atoms with Gasteiger partial charge >= 0.3 is 0 Å². The maximum atomic E-state index is 5.34. The average Bonchev–Trinajstić information content (AvgIpc) is 2.51. The molecular formula is C17H23N3O. The molecule has 0 radical (unpaired) electrons. The molecule has 2 aromatic rings. The van der Waals surface area contributed by atoms with Crippen LogP contribution < -0.4 is 10.1 Å². The smallest absolute Gasteiger partial charge is 0.222 e. The summed E-state index contributed by atoms with van der Waals surface area (Å²) < 4.78 is 5.34. The Labute approximate surface area is 126 Å². The third-order valence-electron chi connectivity index (χ3n) is 3.64. The zero-order valence-electron chi connectivity index (χ0n) is 13.2. The molecule has 0 bridgehead atoms. The summed E-state index contributed by atoms with van der Waals surface area (Å²) in [5, 5.41) is 3.27. The molecular weight excluding hydrogens is 262 g/mol. The van der Waals surface area contributed by atoms with E-state index in [1.807, 2.05) is 12.4 Å². The molecule has 112 valence electrons. The molecule has 1 N–H and O–H groups in total. The van der Waals surface area contributed by atoms with Crippen LogP contribution in [0.25, 0.3) is 0 Å². The highest BCUT2D eigenvalue weighted by molar-refractivity contribution is 5.42. The summed E-state index contributed by atoms with van der Waals surface area (Å²) in [5.74, 6) is 1.64. The predicted octanol–water partition coefficient (Wildman–Crippen LogP) is 3.32. The van der Waals surface area contributed by atoms with Gasteiger partial charge in [-0.2, -0.15) is 0 Å². The van der Waals surface area contributed by atoms with Crippen molar-refractivity contribution in [1.29, 1.82) is 0 Å².